The lowest BCUT2D eigenvalue weighted by atomic mass is 9.96. The van der Waals surface area contributed by atoms with E-state index in [1.54, 1.807) is 0 Å². The zero-order valence-corrected chi connectivity index (χ0v) is 9.81. The molecule has 0 saturated carbocycles. The molecule has 0 aromatic carbocycles. The average molecular weight is 221 g/mol. The third-order valence-electron chi connectivity index (χ3n) is 2.73. The van der Waals surface area contributed by atoms with Crippen molar-refractivity contribution in [1.82, 2.24) is 0 Å². The Morgan fingerprint density at radius 2 is 2.00 bits per heavy atom. The number of unbranched alkanes of at least 4 members (excludes halogenated alkanes) is 1. The van der Waals surface area contributed by atoms with Crippen LogP contribution in [0.3, 0.4) is 0 Å². The molecule has 0 aromatic rings. The Morgan fingerprint density at radius 3 is 2.64 bits per heavy atom. The van der Waals surface area contributed by atoms with Gasteiger partial charge in [-0.3, -0.25) is 0 Å². The zero-order chi connectivity index (χ0) is 10.3. The van der Waals surface area contributed by atoms with E-state index in [2.05, 4.69) is 6.92 Å². The number of ether oxygens (including phenoxy) is 2. The van der Waals surface area contributed by atoms with Gasteiger partial charge in [0.2, 0.25) is 0 Å². The predicted molar refractivity (Wildman–Crippen MR) is 59.0 cm³/mol. The molecule has 1 fully saturated rings. The van der Waals surface area contributed by atoms with Crippen molar-refractivity contribution in [3.05, 3.63) is 0 Å². The number of alkyl halides is 1. The van der Waals surface area contributed by atoms with E-state index in [1.165, 1.54) is 6.42 Å². The first-order chi connectivity index (χ1) is 6.77. The molecule has 2 nitrogen and oxygen atoms in total. The molecule has 14 heavy (non-hydrogen) atoms. The monoisotopic (exact) mass is 220 g/mol. The highest BCUT2D eigenvalue weighted by Gasteiger charge is 2.29. The van der Waals surface area contributed by atoms with Crippen LogP contribution >= 0.6 is 11.6 Å². The van der Waals surface area contributed by atoms with Crippen molar-refractivity contribution >= 4 is 11.6 Å². The van der Waals surface area contributed by atoms with Crippen LogP contribution in [0, 0.1) is 0 Å². The summed E-state index contributed by atoms with van der Waals surface area (Å²) in [6.45, 7) is 5.45. The molecule has 0 unspecified atom stereocenters. The zero-order valence-electron chi connectivity index (χ0n) is 9.06. The molecule has 0 N–H and O–H groups in total. The maximum absolute atomic E-state index is 6.43. The minimum atomic E-state index is -0.0511. The Balaban J connectivity index is 2.03. The average Bonchev–Trinajstić information content (AvgIpc) is 2.18. The normalized spacial score (nSPS) is 21.0. The van der Waals surface area contributed by atoms with Gasteiger partial charge in [0.15, 0.2) is 0 Å². The second kappa shape index (κ2) is 6.65. The SMILES string of the molecule is CCCCOCCC1(Cl)CCOCC1. The maximum atomic E-state index is 6.43. The maximum Gasteiger partial charge on any atom is 0.0512 e. The van der Waals surface area contributed by atoms with E-state index in [1.807, 2.05) is 0 Å². The van der Waals surface area contributed by atoms with Gasteiger partial charge in [-0.2, -0.15) is 0 Å². The van der Waals surface area contributed by atoms with Gasteiger partial charge in [0, 0.05) is 26.4 Å². The van der Waals surface area contributed by atoms with E-state index in [-0.39, 0.29) is 4.87 Å². The minimum Gasteiger partial charge on any atom is -0.381 e. The first-order valence-electron chi connectivity index (χ1n) is 5.61. The fourth-order valence-corrected chi connectivity index (χ4v) is 1.82. The molecule has 1 aliphatic rings. The van der Waals surface area contributed by atoms with Gasteiger partial charge < -0.3 is 9.47 Å². The summed E-state index contributed by atoms with van der Waals surface area (Å²) in [5, 5.41) is 0. The third kappa shape index (κ3) is 4.63. The molecule has 0 aliphatic carbocycles. The third-order valence-corrected chi connectivity index (χ3v) is 3.29. The summed E-state index contributed by atoms with van der Waals surface area (Å²) >= 11 is 6.43. The topological polar surface area (TPSA) is 18.5 Å². The van der Waals surface area contributed by atoms with Gasteiger partial charge in [0.25, 0.3) is 0 Å². The number of rotatable bonds is 6. The molecule has 1 saturated heterocycles. The standard InChI is InChI=1S/C11H21ClO2/c1-2-3-7-13-8-4-11(12)5-9-14-10-6-11/h2-10H2,1H3. The number of halogens is 1. The Hall–Kier alpha value is 0.210. The second-order valence-corrected chi connectivity index (χ2v) is 4.78. The van der Waals surface area contributed by atoms with Crippen LogP contribution in [-0.2, 0) is 9.47 Å². The van der Waals surface area contributed by atoms with Gasteiger partial charge >= 0.3 is 0 Å². The minimum absolute atomic E-state index is 0.0511. The van der Waals surface area contributed by atoms with E-state index in [9.17, 15) is 0 Å². The van der Waals surface area contributed by atoms with Crippen LogP contribution in [0.4, 0.5) is 0 Å². The van der Waals surface area contributed by atoms with Crippen molar-refractivity contribution in [3.63, 3.8) is 0 Å². The summed E-state index contributed by atoms with van der Waals surface area (Å²) < 4.78 is 10.8. The molecule has 3 heteroatoms. The van der Waals surface area contributed by atoms with Crippen LogP contribution in [0.15, 0.2) is 0 Å². The Morgan fingerprint density at radius 1 is 1.29 bits per heavy atom. The van der Waals surface area contributed by atoms with Crippen LogP contribution in [-0.4, -0.2) is 31.3 Å². The van der Waals surface area contributed by atoms with Crippen LogP contribution in [0.1, 0.15) is 39.0 Å². The molecule has 0 aromatic heterocycles. The van der Waals surface area contributed by atoms with Gasteiger partial charge in [-0.25, -0.2) is 0 Å². The van der Waals surface area contributed by atoms with Crippen molar-refractivity contribution in [2.24, 2.45) is 0 Å². The Kier molecular flexibility index (Phi) is 5.83. The van der Waals surface area contributed by atoms with E-state index < -0.39 is 0 Å². The highest BCUT2D eigenvalue weighted by molar-refractivity contribution is 6.24. The van der Waals surface area contributed by atoms with Crippen LogP contribution in [0.25, 0.3) is 0 Å². The molecule has 1 aliphatic heterocycles. The first-order valence-corrected chi connectivity index (χ1v) is 5.99. The number of hydrogen-bond donors (Lipinski definition) is 0. The summed E-state index contributed by atoms with van der Waals surface area (Å²) in [5.41, 5.74) is 0. The summed E-state index contributed by atoms with van der Waals surface area (Å²) in [7, 11) is 0. The quantitative estimate of drug-likeness (QED) is 0.506. The molecule has 0 bridgehead atoms. The molecular weight excluding hydrogens is 200 g/mol. The lowest BCUT2D eigenvalue weighted by molar-refractivity contribution is 0.0569. The van der Waals surface area contributed by atoms with Crippen LogP contribution in [0.2, 0.25) is 0 Å². The van der Waals surface area contributed by atoms with Crippen LogP contribution < -0.4 is 0 Å². The van der Waals surface area contributed by atoms with Gasteiger partial charge in [-0.15, -0.1) is 11.6 Å². The molecule has 0 amide bonds. The molecule has 84 valence electrons. The van der Waals surface area contributed by atoms with Gasteiger partial charge in [-0.05, 0) is 25.7 Å². The lowest BCUT2D eigenvalue weighted by Crippen LogP contribution is -2.31. The molecule has 0 radical (unpaired) electrons. The molecule has 0 atom stereocenters. The highest BCUT2D eigenvalue weighted by Crippen LogP contribution is 2.31. The second-order valence-electron chi connectivity index (χ2n) is 3.98. The fraction of sp³-hybridized carbons (Fsp3) is 1.00. The predicted octanol–water partition coefficient (Wildman–Crippen LogP) is 2.98. The van der Waals surface area contributed by atoms with Crippen molar-refractivity contribution in [2.45, 2.75) is 43.9 Å². The molecule has 0 spiro atoms. The molecule has 1 rings (SSSR count). The number of hydrogen-bond acceptors (Lipinski definition) is 2. The van der Waals surface area contributed by atoms with E-state index in [0.717, 1.165) is 52.1 Å². The lowest BCUT2D eigenvalue weighted by Gasteiger charge is -2.30. The largest absolute Gasteiger partial charge is 0.381 e. The van der Waals surface area contributed by atoms with Gasteiger partial charge in [0.1, 0.15) is 0 Å². The summed E-state index contributed by atoms with van der Waals surface area (Å²) in [6, 6.07) is 0. The Labute approximate surface area is 91.9 Å². The first kappa shape index (κ1) is 12.3. The molecular formula is C11H21ClO2. The Bertz CT molecular complexity index is 144. The van der Waals surface area contributed by atoms with E-state index in [0.29, 0.717) is 0 Å². The summed E-state index contributed by atoms with van der Waals surface area (Å²) in [6.07, 6.45) is 5.23. The van der Waals surface area contributed by atoms with Crippen molar-refractivity contribution in [1.29, 1.82) is 0 Å². The van der Waals surface area contributed by atoms with Crippen molar-refractivity contribution in [3.8, 4) is 0 Å². The van der Waals surface area contributed by atoms with E-state index >= 15 is 0 Å². The van der Waals surface area contributed by atoms with E-state index in [4.69, 9.17) is 21.1 Å². The summed E-state index contributed by atoms with van der Waals surface area (Å²) in [5.74, 6) is 0. The fourth-order valence-electron chi connectivity index (χ4n) is 1.59. The van der Waals surface area contributed by atoms with Gasteiger partial charge in [-0.1, -0.05) is 13.3 Å². The molecule has 1 heterocycles. The summed E-state index contributed by atoms with van der Waals surface area (Å²) in [4.78, 5) is -0.0511. The van der Waals surface area contributed by atoms with Crippen molar-refractivity contribution < 1.29 is 9.47 Å². The van der Waals surface area contributed by atoms with Gasteiger partial charge in [0.05, 0.1) is 4.87 Å². The smallest absolute Gasteiger partial charge is 0.0512 e. The highest BCUT2D eigenvalue weighted by atomic mass is 35.5. The van der Waals surface area contributed by atoms with Crippen molar-refractivity contribution in [2.75, 3.05) is 26.4 Å². The van der Waals surface area contributed by atoms with Crippen LogP contribution in [0.5, 0.6) is 0 Å².